The maximum absolute atomic E-state index is 12.9. The van der Waals surface area contributed by atoms with Gasteiger partial charge in [-0.1, -0.05) is 42.1 Å². The monoisotopic (exact) mass is 450 g/mol. The molecule has 4 aromatic rings. The van der Waals surface area contributed by atoms with Gasteiger partial charge >= 0.3 is 0 Å². The van der Waals surface area contributed by atoms with Gasteiger partial charge in [0.15, 0.2) is 5.82 Å². The Labute approximate surface area is 184 Å². The first-order chi connectivity index (χ1) is 14.9. The summed E-state index contributed by atoms with van der Waals surface area (Å²) < 4.78 is 28.3. The van der Waals surface area contributed by atoms with Gasteiger partial charge in [-0.05, 0) is 48.5 Å². The molecule has 0 saturated carbocycles. The van der Waals surface area contributed by atoms with Gasteiger partial charge in [0.2, 0.25) is 5.91 Å². The number of fused-ring (bicyclic) bond motifs is 1. The van der Waals surface area contributed by atoms with Crippen LogP contribution in [0.25, 0.3) is 11.0 Å². The molecule has 2 N–H and O–H groups in total. The second-order valence-electron chi connectivity index (χ2n) is 6.59. The molecule has 1 heterocycles. The van der Waals surface area contributed by atoms with Gasteiger partial charge in [0.05, 0.1) is 15.9 Å². The number of sulfonamides is 1. The van der Waals surface area contributed by atoms with Gasteiger partial charge in [-0.25, -0.2) is 18.4 Å². The van der Waals surface area contributed by atoms with E-state index in [9.17, 15) is 13.2 Å². The summed E-state index contributed by atoms with van der Waals surface area (Å²) in [5.41, 5.74) is 1.91. The second kappa shape index (κ2) is 8.75. The van der Waals surface area contributed by atoms with E-state index in [1.165, 1.54) is 30.8 Å². The highest BCUT2D eigenvalue weighted by atomic mass is 32.2. The Bertz CT molecular complexity index is 1340. The van der Waals surface area contributed by atoms with Gasteiger partial charge in [-0.2, -0.15) is 0 Å². The number of nitrogens with one attached hydrogen (secondary N) is 2. The van der Waals surface area contributed by atoms with E-state index in [2.05, 4.69) is 20.0 Å². The third-order valence-corrected chi connectivity index (χ3v) is 6.55. The molecule has 1 aromatic heterocycles. The third kappa shape index (κ3) is 5.01. The van der Waals surface area contributed by atoms with Crippen LogP contribution in [0.2, 0.25) is 0 Å². The molecule has 9 heteroatoms. The number of para-hydroxylation sites is 2. The molecular weight excluding hydrogens is 432 g/mol. The molecule has 4 rings (SSSR count). The molecule has 0 unspecified atom stereocenters. The van der Waals surface area contributed by atoms with E-state index in [1.807, 2.05) is 30.3 Å². The number of hydrogen-bond donors (Lipinski definition) is 2. The van der Waals surface area contributed by atoms with Crippen molar-refractivity contribution < 1.29 is 13.2 Å². The molecule has 31 heavy (non-hydrogen) atoms. The molecule has 0 spiro atoms. The summed E-state index contributed by atoms with van der Waals surface area (Å²) in [6, 6.07) is 22.6. The molecule has 7 nitrogen and oxygen atoms in total. The fraction of sp³-hybridized carbons (Fsp3) is 0.0455. The summed E-state index contributed by atoms with van der Waals surface area (Å²) in [5.74, 6) is -0.00288. The lowest BCUT2D eigenvalue weighted by Gasteiger charge is -2.12. The predicted molar refractivity (Wildman–Crippen MR) is 122 cm³/mol. The van der Waals surface area contributed by atoms with Gasteiger partial charge in [0.1, 0.15) is 5.03 Å². The van der Waals surface area contributed by atoms with Crippen LogP contribution < -0.4 is 10.0 Å². The van der Waals surface area contributed by atoms with E-state index in [4.69, 9.17) is 0 Å². The molecule has 1 amide bonds. The van der Waals surface area contributed by atoms with Crippen molar-refractivity contribution in [1.29, 1.82) is 0 Å². The van der Waals surface area contributed by atoms with Crippen LogP contribution >= 0.6 is 11.8 Å². The van der Waals surface area contributed by atoms with Crippen molar-refractivity contribution in [2.45, 2.75) is 21.7 Å². The smallest absolute Gasteiger partial charge is 0.263 e. The van der Waals surface area contributed by atoms with Crippen LogP contribution in [0.3, 0.4) is 0 Å². The van der Waals surface area contributed by atoms with E-state index >= 15 is 0 Å². The number of hydrogen-bond acceptors (Lipinski definition) is 6. The van der Waals surface area contributed by atoms with Crippen molar-refractivity contribution >= 4 is 50.2 Å². The Balaban J connectivity index is 1.71. The van der Waals surface area contributed by atoms with Gasteiger partial charge in [0, 0.05) is 17.5 Å². The predicted octanol–water partition coefficient (Wildman–Crippen LogP) is 4.54. The molecule has 3 aromatic carbocycles. The topological polar surface area (TPSA) is 101 Å². The fourth-order valence-electron chi connectivity index (χ4n) is 2.83. The van der Waals surface area contributed by atoms with Crippen molar-refractivity contribution in [3.05, 3.63) is 78.9 Å². The van der Waals surface area contributed by atoms with Gasteiger partial charge in [-0.15, -0.1) is 0 Å². The van der Waals surface area contributed by atoms with Crippen LogP contribution in [0, 0.1) is 0 Å². The van der Waals surface area contributed by atoms with Crippen LogP contribution in [-0.2, 0) is 14.8 Å². The molecule has 0 saturated heterocycles. The number of carbonyl (C=O) groups excluding carboxylic acids is 1. The highest BCUT2D eigenvalue weighted by molar-refractivity contribution is 7.99. The highest BCUT2D eigenvalue weighted by Crippen LogP contribution is 2.34. The Morgan fingerprint density at radius 2 is 1.45 bits per heavy atom. The zero-order valence-corrected chi connectivity index (χ0v) is 18.1. The molecule has 0 fully saturated rings. The molecule has 0 aliphatic rings. The fourth-order valence-corrected chi connectivity index (χ4v) is 4.76. The van der Waals surface area contributed by atoms with Gasteiger partial charge in [0.25, 0.3) is 10.0 Å². The lowest BCUT2D eigenvalue weighted by molar-refractivity contribution is -0.114. The Morgan fingerprint density at radius 1 is 0.839 bits per heavy atom. The number of aromatic nitrogens is 2. The first-order valence-electron chi connectivity index (χ1n) is 9.31. The summed E-state index contributed by atoms with van der Waals surface area (Å²) >= 11 is 1.28. The van der Waals surface area contributed by atoms with E-state index < -0.39 is 10.0 Å². The Morgan fingerprint density at radius 3 is 2.10 bits per heavy atom. The summed E-state index contributed by atoms with van der Waals surface area (Å²) in [5, 5.41) is 3.13. The van der Waals surface area contributed by atoms with E-state index in [0.717, 1.165) is 4.90 Å². The lowest BCUT2D eigenvalue weighted by atomic mass is 10.3. The maximum Gasteiger partial charge on any atom is 0.263 e. The van der Waals surface area contributed by atoms with Crippen LogP contribution in [0.4, 0.5) is 11.5 Å². The van der Waals surface area contributed by atoms with Crippen LogP contribution in [-0.4, -0.2) is 24.3 Å². The Hall–Kier alpha value is -3.43. The minimum absolute atomic E-state index is 0.139. The molecular formula is C22H18N4O3S2. The van der Waals surface area contributed by atoms with Gasteiger partial charge in [-0.3, -0.25) is 9.52 Å². The number of rotatable bonds is 6. The van der Waals surface area contributed by atoms with E-state index in [0.29, 0.717) is 21.7 Å². The largest absolute Gasteiger partial charge is 0.326 e. The normalized spacial score (nSPS) is 11.3. The second-order valence-corrected chi connectivity index (χ2v) is 9.34. The summed E-state index contributed by atoms with van der Waals surface area (Å²) in [7, 11) is -3.83. The lowest BCUT2D eigenvalue weighted by Crippen LogP contribution is -2.15. The number of amides is 1. The minimum atomic E-state index is -3.83. The third-order valence-electron chi connectivity index (χ3n) is 4.21. The molecule has 0 bridgehead atoms. The average molecular weight is 451 g/mol. The SMILES string of the molecule is CC(=O)Nc1ccc(Sc2nc3ccccc3nc2NS(=O)(=O)c2ccccc2)cc1. The van der Waals surface area contributed by atoms with Crippen molar-refractivity contribution in [2.24, 2.45) is 0 Å². The molecule has 0 aliphatic carbocycles. The molecule has 0 aliphatic heterocycles. The maximum atomic E-state index is 12.9. The van der Waals surface area contributed by atoms with Crippen molar-refractivity contribution in [2.75, 3.05) is 10.0 Å². The molecule has 156 valence electrons. The van der Waals surface area contributed by atoms with E-state index in [1.54, 1.807) is 36.4 Å². The standard InChI is InChI=1S/C22H18N4O3S2/c1-15(27)23-16-11-13-17(14-12-16)30-22-21(24-19-9-5-6-10-20(19)25-22)26-31(28,29)18-7-3-2-4-8-18/h2-14H,1H3,(H,23,27)(H,24,26). The summed E-state index contributed by atoms with van der Waals surface area (Å²) in [6.45, 7) is 1.44. The van der Waals surface area contributed by atoms with E-state index in [-0.39, 0.29) is 16.6 Å². The average Bonchev–Trinajstić information content (AvgIpc) is 2.75. The van der Waals surface area contributed by atoms with Crippen molar-refractivity contribution in [3.63, 3.8) is 0 Å². The van der Waals surface area contributed by atoms with Crippen LogP contribution in [0.15, 0.2) is 93.7 Å². The number of anilines is 2. The summed E-state index contributed by atoms with van der Waals surface area (Å²) in [4.78, 5) is 21.3. The first-order valence-corrected chi connectivity index (χ1v) is 11.6. The highest BCUT2D eigenvalue weighted by Gasteiger charge is 2.19. The van der Waals surface area contributed by atoms with Crippen molar-refractivity contribution in [1.82, 2.24) is 9.97 Å². The minimum Gasteiger partial charge on any atom is -0.326 e. The zero-order chi connectivity index (χ0) is 21.8. The summed E-state index contributed by atoms with van der Waals surface area (Å²) in [6.07, 6.45) is 0. The first kappa shape index (κ1) is 20.8. The van der Waals surface area contributed by atoms with Crippen molar-refractivity contribution in [3.8, 4) is 0 Å². The number of benzene rings is 3. The van der Waals surface area contributed by atoms with Crippen LogP contribution in [0.1, 0.15) is 6.92 Å². The molecule has 0 radical (unpaired) electrons. The quantitative estimate of drug-likeness (QED) is 0.447. The Kier molecular flexibility index (Phi) is 5.88. The number of carbonyl (C=O) groups is 1. The zero-order valence-electron chi connectivity index (χ0n) is 16.4. The van der Waals surface area contributed by atoms with Gasteiger partial charge < -0.3 is 5.32 Å². The number of nitrogens with zero attached hydrogens (tertiary/aromatic N) is 2. The molecule has 0 atom stereocenters. The van der Waals surface area contributed by atoms with Crippen LogP contribution in [0.5, 0.6) is 0 Å².